The number of anilines is 1. The molecule has 2 amide bonds. The number of para-hydroxylation sites is 1. The number of amides is 2. The van der Waals surface area contributed by atoms with Crippen LogP contribution < -0.4 is 10.6 Å². The lowest BCUT2D eigenvalue weighted by Crippen LogP contribution is -2.48. The van der Waals surface area contributed by atoms with Gasteiger partial charge in [-0.15, -0.1) is 0 Å². The second kappa shape index (κ2) is 6.28. The molecule has 2 aromatic carbocycles. The lowest BCUT2D eigenvalue weighted by atomic mass is 10.0. The van der Waals surface area contributed by atoms with Crippen molar-refractivity contribution in [1.29, 1.82) is 0 Å². The van der Waals surface area contributed by atoms with Crippen molar-refractivity contribution in [2.24, 2.45) is 0 Å². The molecule has 1 saturated heterocycles. The molecule has 1 aliphatic heterocycles. The van der Waals surface area contributed by atoms with Gasteiger partial charge in [0.2, 0.25) is 0 Å². The molecule has 3 rings (SSSR count). The van der Waals surface area contributed by atoms with E-state index in [1.807, 2.05) is 54.6 Å². The van der Waals surface area contributed by atoms with Crippen LogP contribution in [0.5, 0.6) is 0 Å². The second-order valence-corrected chi connectivity index (χ2v) is 8.58. The summed E-state index contributed by atoms with van der Waals surface area (Å²) in [6.07, 6.45) is 0.434. The molecule has 2 N–H and O–H groups in total. The highest BCUT2D eigenvalue weighted by Crippen LogP contribution is 2.28. The minimum atomic E-state index is -3.07. The number of nitrogens with one attached hydrogen (secondary N) is 2. The SMILES string of the molecule is C[C@]1(NC(=O)Nc2ccccc2-c2ccccc2)CCS(=O)(=O)C1. The molecular formula is C18H20N2O3S. The van der Waals surface area contributed by atoms with Crippen LogP contribution in [0.1, 0.15) is 13.3 Å². The lowest BCUT2D eigenvalue weighted by Gasteiger charge is -2.24. The topological polar surface area (TPSA) is 75.3 Å². The van der Waals surface area contributed by atoms with E-state index in [0.29, 0.717) is 12.1 Å². The van der Waals surface area contributed by atoms with Crippen molar-refractivity contribution in [1.82, 2.24) is 5.32 Å². The van der Waals surface area contributed by atoms with Gasteiger partial charge in [-0.1, -0.05) is 48.5 Å². The van der Waals surface area contributed by atoms with Crippen molar-refractivity contribution in [3.05, 3.63) is 54.6 Å². The van der Waals surface area contributed by atoms with E-state index in [0.717, 1.165) is 11.1 Å². The zero-order valence-electron chi connectivity index (χ0n) is 13.5. The van der Waals surface area contributed by atoms with Crippen LogP contribution in [0.3, 0.4) is 0 Å². The van der Waals surface area contributed by atoms with E-state index in [1.165, 1.54) is 0 Å². The van der Waals surface area contributed by atoms with Gasteiger partial charge in [-0.25, -0.2) is 13.2 Å². The molecule has 0 radical (unpaired) electrons. The van der Waals surface area contributed by atoms with Gasteiger partial charge in [0, 0.05) is 5.56 Å². The van der Waals surface area contributed by atoms with Crippen LogP contribution in [0.2, 0.25) is 0 Å². The van der Waals surface area contributed by atoms with Gasteiger partial charge in [0.05, 0.1) is 22.7 Å². The van der Waals surface area contributed by atoms with E-state index >= 15 is 0 Å². The Balaban J connectivity index is 1.76. The molecule has 0 aliphatic carbocycles. The first-order valence-electron chi connectivity index (χ1n) is 7.81. The fourth-order valence-corrected chi connectivity index (χ4v) is 5.09. The van der Waals surface area contributed by atoms with E-state index < -0.39 is 21.4 Å². The largest absolute Gasteiger partial charge is 0.332 e. The molecule has 1 fully saturated rings. The average molecular weight is 344 g/mol. The molecule has 24 heavy (non-hydrogen) atoms. The number of urea groups is 1. The number of hydrogen-bond donors (Lipinski definition) is 2. The maximum Gasteiger partial charge on any atom is 0.319 e. The minimum Gasteiger partial charge on any atom is -0.332 e. The first-order valence-corrected chi connectivity index (χ1v) is 9.63. The van der Waals surface area contributed by atoms with Crippen molar-refractivity contribution in [2.75, 3.05) is 16.8 Å². The molecule has 0 spiro atoms. The molecule has 0 aromatic heterocycles. The van der Waals surface area contributed by atoms with Crippen LogP contribution in [-0.4, -0.2) is 31.5 Å². The number of benzene rings is 2. The summed E-state index contributed by atoms with van der Waals surface area (Å²) < 4.78 is 23.3. The zero-order valence-corrected chi connectivity index (χ0v) is 14.3. The maximum atomic E-state index is 12.4. The Hall–Kier alpha value is -2.34. The fourth-order valence-electron chi connectivity index (χ4n) is 3.00. The Kier molecular flexibility index (Phi) is 4.32. The molecular weight excluding hydrogens is 324 g/mol. The van der Waals surface area contributed by atoms with Crippen LogP contribution in [0.25, 0.3) is 11.1 Å². The summed E-state index contributed by atoms with van der Waals surface area (Å²) >= 11 is 0. The van der Waals surface area contributed by atoms with Gasteiger partial charge in [-0.05, 0) is 25.0 Å². The highest BCUT2D eigenvalue weighted by atomic mass is 32.2. The molecule has 1 heterocycles. The van der Waals surface area contributed by atoms with Crippen molar-refractivity contribution >= 4 is 21.6 Å². The Labute approximate surface area is 142 Å². The summed E-state index contributed by atoms with van der Waals surface area (Å²) in [5, 5.41) is 5.65. The quantitative estimate of drug-likeness (QED) is 0.898. The third-order valence-electron chi connectivity index (χ3n) is 4.18. The summed E-state index contributed by atoms with van der Waals surface area (Å²) in [5.74, 6) is 0.0954. The molecule has 2 aromatic rings. The van der Waals surface area contributed by atoms with Crippen LogP contribution in [-0.2, 0) is 9.84 Å². The molecule has 1 aliphatic rings. The monoisotopic (exact) mass is 344 g/mol. The average Bonchev–Trinajstić information content (AvgIpc) is 2.81. The van der Waals surface area contributed by atoms with E-state index in [4.69, 9.17) is 0 Å². The molecule has 1 atom stereocenters. The van der Waals surface area contributed by atoms with E-state index in [2.05, 4.69) is 10.6 Å². The standard InChI is InChI=1S/C18H20N2O3S/c1-18(11-12-24(22,23)13-18)20-17(21)19-16-10-6-5-9-15(16)14-7-3-2-4-8-14/h2-10H,11-13H2,1H3,(H2,19,20,21)/t18-/m0/s1. The van der Waals surface area contributed by atoms with Gasteiger partial charge < -0.3 is 10.6 Å². The van der Waals surface area contributed by atoms with Crippen LogP contribution in [0, 0.1) is 0 Å². The predicted octanol–water partition coefficient (Wildman–Crippen LogP) is 3.05. The predicted molar refractivity (Wildman–Crippen MR) is 95.7 cm³/mol. The highest BCUT2D eigenvalue weighted by Gasteiger charge is 2.39. The van der Waals surface area contributed by atoms with Gasteiger partial charge in [0.1, 0.15) is 0 Å². The van der Waals surface area contributed by atoms with Gasteiger partial charge in [0.15, 0.2) is 9.84 Å². The number of carbonyl (C=O) groups is 1. The van der Waals surface area contributed by atoms with Gasteiger partial charge in [-0.3, -0.25) is 0 Å². The third-order valence-corrected chi connectivity index (χ3v) is 6.08. The molecule has 0 saturated carbocycles. The summed E-state index contributed by atoms with van der Waals surface area (Å²) in [5.41, 5.74) is 1.89. The van der Waals surface area contributed by atoms with Crippen molar-refractivity contribution in [3.63, 3.8) is 0 Å². The Bertz CT molecular complexity index is 850. The summed E-state index contributed by atoms with van der Waals surface area (Å²) in [6, 6.07) is 16.9. The van der Waals surface area contributed by atoms with Crippen LogP contribution in [0.4, 0.5) is 10.5 Å². The van der Waals surface area contributed by atoms with Gasteiger partial charge in [-0.2, -0.15) is 0 Å². The van der Waals surface area contributed by atoms with E-state index in [9.17, 15) is 13.2 Å². The zero-order chi connectivity index (χ0) is 17.2. The fraction of sp³-hybridized carbons (Fsp3) is 0.278. The Morgan fingerprint density at radius 2 is 1.71 bits per heavy atom. The Morgan fingerprint density at radius 3 is 2.38 bits per heavy atom. The number of carbonyl (C=O) groups excluding carboxylic acids is 1. The molecule has 5 nitrogen and oxygen atoms in total. The highest BCUT2D eigenvalue weighted by molar-refractivity contribution is 7.91. The van der Waals surface area contributed by atoms with E-state index in [1.54, 1.807) is 6.92 Å². The number of rotatable bonds is 3. The van der Waals surface area contributed by atoms with Crippen LogP contribution >= 0.6 is 0 Å². The molecule has 0 bridgehead atoms. The summed E-state index contributed by atoms with van der Waals surface area (Å²) in [7, 11) is -3.07. The molecule has 0 unspecified atom stereocenters. The first kappa shape index (κ1) is 16.5. The van der Waals surface area contributed by atoms with Crippen LogP contribution in [0.15, 0.2) is 54.6 Å². The Morgan fingerprint density at radius 1 is 1.04 bits per heavy atom. The molecule has 6 heteroatoms. The number of hydrogen-bond acceptors (Lipinski definition) is 3. The van der Waals surface area contributed by atoms with Crippen molar-refractivity contribution in [2.45, 2.75) is 18.9 Å². The normalized spacial score (nSPS) is 22.0. The lowest BCUT2D eigenvalue weighted by molar-refractivity contribution is 0.242. The summed E-state index contributed by atoms with van der Waals surface area (Å²) in [4.78, 5) is 12.4. The number of sulfone groups is 1. The smallest absolute Gasteiger partial charge is 0.319 e. The van der Waals surface area contributed by atoms with Gasteiger partial charge in [0.25, 0.3) is 0 Å². The van der Waals surface area contributed by atoms with Gasteiger partial charge >= 0.3 is 6.03 Å². The third kappa shape index (κ3) is 3.76. The maximum absolute atomic E-state index is 12.4. The molecule has 126 valence electrons. The summed E-state index contributed by atoms with van der Waals surface area (Å²) in [6.45, 7) is 1.76. The van der Waals surface area contributed by atoms with E-state index in [-0.39, 0.29) is 11.5 Å². The van der Waals surface area contributed by atoms with Crippen molar-refractivity contribution < 1.29 is 13.2 Å². The van der Waals surface area contributed by atoms with Crippen molar-refractivity contribution in [3.8, 4) is 11.1 Å². The first-order chi connectivity index (χ1) is 11.4. The minimum absolute atomic E-state index is 0.0201. The second-order valence-electron chi connectivity index (χ2n) is 6.39.